The van der Waals surface area contributed by atoms with Crippen molar-refractivity contribution < 1.29 is 30.8 Å². The van der Waals surface area contributed by atoms with E-state index >= 15 is 0 Å². The Morgan fingerprint density at radius 1 is 1.29 bits per heavy atom. The lowest BCUT2D eigenvalue weighted by molar-refractivity contribution is -0.123. The molecule has 1 aliphatic heterocycles. The first-order valence-corrected chi connectivity index (χ1v) is 11.0. The molecule has 7 nitrogen and oxygen atoms in total. The van der Waals surface area contributed by atoms with Crippen LogP contribution in [0.15, 0.2) is 29.3 Å². The highest BCUT2D eigenvalue weighted by Crippen LogP contribution is 2.32. The van der Waals surface area contributed by atoms with Crippen LogP contribution in [-0.2, 0) is 9.84 Å². The predicted molar refractivity (Wildman–Crippen MR) is 105 cm³/mol. The van der Waals surface area contributed by atoms with E-state index in [2.05, 4.69) is 9.97 Å². The number of carbonyl (C=O) groups is 1. The summed E-state index contributed by atoms with van der Waals surface area (Å²) in [6.07, 6.45) is -3.54. The topological polar surface area (TPSA) is 92.3 Å². The minimum atomic E-state index is -4.62. The Balaban J connectivity index is 1.85. The number of aromatic nitrogens is 2. The third-order valence-electron chi connectivity index (χ3n) is 4.52. The number of benzene rings is 1. The molecule has 168 valence electrons. The molecule has 3 rings (SSSR count). The molecule has 1 aliphatic rings. The van der Waals surface area contributed by atoms with Gasteiger partial charge in [-0.3, -0.25) is 4.79 Å². The third-order valence-corrected chi connectivity index (χ3v) is 7.36. The molecule has 0 aliphatic carbocycles. The van der Waals surface area contributed by atoms with Gasteiger partial charge in [-0.2, -0.15) is 18.2 Å². The van der Waals surface area contributed by atoms with Crippen molar-refractivity contribution in [3.63, 3.8) is 0 Å². The second kappa shape index (κ2) is 8.75. The van der Waals surface area contributed by atoms with E-state index in [1.54, 1.807) is 5.32 Å². The molecule has 31 heavy (non-hydrogen) atoms. The zero-order valence-corrected chi connectivity index (χ0v) is 17.8. The van der Waals surface area contributed by atoms with Gasteiger partial charge in [0.25, 0.3) is 5.91 Å². The van der Waals surface area contributed by atoms with Crippen LogP contribution < -0.4 is 10.2 Å². The van der Waals surface area contributed by atoms with Gasteiger partial charge in [-0.1, -0.05) is 11.6 Å². The molecule has 0 radical (unpaired) electrons. The van der Waals surface area contributed by atoms with Crippen LogP contribution in [0.2, 0.25) is 10.3 Å². The second-order valence-corrected chi connectivity index (χ2v) is 9.59. The maximum absolute atomic E-state index is 13.3. The van der Waals surface area contributed by atoms with Crippen molar-refractivity contribution in [2.45, 2.75) is 22.7 Å². The van der Waals surface area contributed by atoms with Crippen LogP contribution in [0.5, 0.6) is 0 Å². The minimum Gasteiger partial charge on any atom is -0.354 e. The Morgan fingerprint density at radius 3 is 2.65 bits per heavy atom. The molecule has 2 aromatic rings. The van der Waals surface area contributed by atoms with E-state index in [0.29, 0.717) is 0 Å². The molecule has 1 aromatic carbocycles. The summed E-state index contributed by atoms with van der Waals surface area (Å²) in [5, 5.41) is 0.205. The smallest absolute Gasteiger partial charge is 0.354 e. The highest BCUT2D eigenvalue weighted by molar-refractivity contribution is 7.92. The van der Waals surface area contributed by atoms with Crippen molar-refractivity contribution in [1.82, 2.24) is 15.3 Å². The number of alkyl halides is 3. The Hall–Kier alpha value is -2.18. The summed E-state index contributed by atoms with van der Waals surface area (Å²) in [5.41, 5.74) is -0.286. The molecule has 0 spiro atoms. The first kappa shape index (κ1) is 23.5. The summed E-state index contributed by atoms with van der Waals surface area (Å²) >= 11 is 11.7. The third kappa shape index (κ3) is 5.36. The highest BCUT2D eigenvalue weighted by Gasteiger charge is 2.37. The summed E-state index contributed by atoms with van der Waals surface area (Å²) in [7, 11) is -3.97. The van der Waals surface area contributed by atoms with Crippen molar-refractivity contribution in [1.29, 1.82) is 0 Å². The molecule has 1 N–H and O–H groups in total. The Labute approximate surface area is 184 Å². The molecule has 14 heteroatoms. The van der Waals surface area contributed by atoms with Gasteiger partial charge in [0, 0.05) is 19.3 Å². The fourth-order valence-corrected chi connectivity index (χ4v) is 5.45. The average molecular weight is 501 g/mol. The minimum absolute atomic E-state index is 0.0948. The van der Waals surface area contributed by atoms with E-state index in [-0.39, 0.29) is 46.1 Å². The highest BCUT2D eigenvalue weighted by atomic mass is 35.5. The van der Waals surface area contributed by atoms with E-state index in [9.17, 15) is 30.8 Å². The summed E-state index contributed by atoms with van der Waals surface area (Å²) < 4.78 is 76.4. The SMILES string of the molecule is O=C(NCC(F)(F)F)c1cnc(Cl)nc1N1CC[C@H](S(=O)(=O)c2ccc(F)cc2Cl)C1. The van der Waals surface area contributed by atoms with Crippen molar-refractivity contribution in [2.24, 2.45) is 0 Å². The molecular weight excluding hydrogens is 487 g/mol. The Morgan fingerprint density at radius 2 is 2.00 bits per heavy atom. The van der Waals surface area contributed by atoms with Gasteiger partial charge < -0.3 is 10.2 Å². The van der Waals surface area contributed by atoms with Crippen LogP contribution in [0.3, 0.4) is 0 Å². The zero-order valence-electron chi connectivity index (χ0n) is 15.5. The number of amides is 1. The predicted octanol–water partition coefficient (Wildman–Crippen LogP) is 3.27. The van der Waals surface area contributed by atoms with Gasteiger partial charge in [-0.05, 0) is 36.2 Å². The van der Waals surface area contributed by atoms with Gasteiger partial charge in [-0.15, -0.1) is 0 Å². The molecule has 1 saturated heterocycles. The van der Waals surface area contributed by atoms with Crippen LogP contribution in [0.1, 0.15) is 16.8 Å². The van der Waals surface area contributed by atoms with Crippen molar-refractivity contribution >= 4 is 44.8 Å². The summed E-state index contributed by atoms with van der Waals surface area (Å²) in [6.45, 7) is -1.58. The van der Waals surface area contributed by atoms with Crippen LogP contribution in [0.25, 0.3) is 0 Å². The lowest BCUT2D eigenvalue weighted by atomic mass is 10.2. The van der Waals surface area contributed by atoms with Crippen LogP contribution in [0.4, 0.5) is 23.4 Å². The fraction of sp³-hybridized carbons (Fsp3) is 0.353. The molecule has 0 bridgehead atoms. The second-order valence-electron chi connectivity index (χ2n) is 6.65. The number of rotatable bonds is 5. The summed E-state index contributed by atoms with van der Waals surface area (Å²) in [5.74, 6) is -1.87. The van der Waals surface area contributed by atoms with Gasteiger partial charge in [0.1, 0.15) is 23.7 Å². The summed E-state index contributed by atoms with van der Waals surface area (Å²) in [6, 6.07) is 2.92. The normalized spacial score (nSPS) is 17.1. The molecule has 1 fully saturated rings. The quantitative estimate of drug-likeness (QED) is 0.384. The van der Waals surface area contributed by atoms with E-state index in [1.165, 1.54) is 4.90 Å². The Kier molecular flexibility index (Phi) is 6.63. The van der Waals surface area contributed by atoms with Gasteiger partial charge in [-0.25, -0.2) is 17.8 Å². The number of hydrogen-bond acceptors (Lipinski definition) is 6. The van der Waals surface area contributed by atoms with Gasteiger partial charge in [0.2, 0.25) is 5.28 Å². The van der Waals surface area contributed by atoms with Crippen LogP contribution in [0, 0.1) is 5.82 Å². The van der Waals surface area contributed by atoms with Crippen LogP contribution >= 0.6 is 23.2 Å². The molecule has 1 aromatic heterocycles. The lowest BCUT2D eigenvalue weighted by Gasteiger charge is -2.20. The number of anilines is 1. The average Bonchev–Trinajstić information content (AvgIpc) is 3.16. The number of halogens is 6. The number of nitrogens with one attached hydrogen (secondary N) is 1. The van der Waals surface area contributed by atoms with Crippen molar-refractivity contribution in [3.05, 3.63) is 46.1 Å². The van der Waals surface area contributed by atoms with Crippen molar-refractivity contribution in [2.75, 3.05) is 24.5 Å². The van der Waals surface area contributed by atoms with E-state index < -0.39 is 39.5 Å². The monoisotopic (exact) mass is 500 g/mol. The maximum Gasteiger partial charge on any atom is 0.405 e. The number of nitrogens with zero attached hydrogens (tertiary/aromatic N) is 3. The van der Waals surface area contributed by atoms with E-state index in [4.69, 9.17) is 23.2 Å². The van der Waals surface area contributed by atoms with Gasteiger partial charge in [0.15, 0.2) is 9.84 Å². The molecule has 0 unspecified atom stereocenters. The van der Waals surface area contributed by atoms with Gasteiger partial charge >= 0.3 is 6.18 Å². The first-order valence-electron chi connectivity index (χ1n) is 8.70. The largest absolute Gasteiger partial charge is 0.405 e. The van der Waals surface area contributed by atoms with Crippen molar-refractivity contribution in [3.8, 4) is 0 Å². The first-order chi connectivity index (χ1) is 14.4. The maximum atomic E-state index is 13.3. The molecule has 0 saturated carbocycles. The Bertz CT molecular complexity index is 1120. The molecule has 2 heterocycles. The van der Waals surface area contributed by atoms with E-state index in [0.717, 1.165) is 24.4 Å². The molecule has 1 atom stereocenters. The van der Waals surface area contributed by atoms with Gasteiger partial charge in [0.05, 0.1) is 15.2 Å². The number of carbonyl (C=O) groups excluding carboxylic acids is 1. The molecule has 1 amide bonds. The molecular formula is C17H14Cl2F4N4O3S. The number of sulfone groups is 1. The standard InChI is InChI=1S/C17H14Cl2F4N4O3S/c18-12-5-9(20)1-2-13(12)31(29,30)10-3-4-27(7-10)14-11(6-24-16(19)26-14)15(28)25-8-17(21,22)23/h1-2,5-6,10H,3-4,7-8H2,(H,25,28)/t10-/m0/s1. The number of hydrogen-bond donors (Lipinski definition) is 1. The van der Waals surface area contributed by atoms with Crippen LogP contribution in [-0.4, -0.2) is 55.4 Å². The fourth-order valence-electron chi connectivity index (χ4n) is 3.09. The lowest BCUT2D eigenvalue weighted by Crippen LogP contribution is -2.35. The zero-order chi connectivity index (χ0) is 23.0. The van der Waals surface area contributed by atoms with E-state index in [1.807, 2.05) is 0 Å². The summed E-state index contributed by atoms with van der Waals surface area (Å²) in [4.78, 5) is 20.9.